The zero-order valence-corrected chi connectivity index (χ0v) is 28.3. The average molecular weight is 691 g/mol. The summed E-state index contributed by atoms with van der Waals surface area (Å²) in [7, 11) is -4.14. The Morgan fingerprint density at radius 2 is 1.44 bits per heavy atom. The predicted octanol–water partition coefficient (Wildman–Crippen LogP) is 6.93. The molecule has 1 atom stereocenters. The average Bonchev–Trinajstić information content (AvgIpc) is 3.05. The molecule has 236 valence electrons. The molecule has 0 aliphatic carbocycles. The molecule has 4 rings (SSSR count). The van der Waals surface area contributed by atoms with Gasteiger partial charge in [0.1, 0.15) is 12.6 Å². The number of amides is 2. The fourth-order valence-corrected chi connectivity index (χ4v) is 6.91. The Kier molecular flexibility index (Phi) is 12.0. The van der Waals surface area contributed by atoms with Crippen LogP contribution in [0.2, 0.25) is 0 Å². The zero-order valence-electron chi connectivity index (χ0n) is 25.9. The number of nitrogens with one attached hydrogen (secondary N) is 1. The van der Waals surface area contributed by atoms with E-state index in [1.54, 1.807) is 30.3 Å². The van der Waals surface area contributed by atoms with Gasteiger partial charge in [-0.25, -0.2) is 8.42 Å². The lowest BCUT2D eigenvalue weighted by atomic mass is 10.0. The molecular formula is C36H40BrN3O4S. The lowest BCUT2D eigenvalue weighted by Gasteiger charge is -2.34. The first kappa shape index (κ1) is 33.9. The SMILES string of the molecule is CCCNC(=O)C(Cc1ccccc1)N(Cc1cccc(Br)c1)C(=O)CN(c1ccc(C(C)C)cc1)S(=O)(=O)c1ccccc1. The molecule has 0 spiro atoms. The second kappa shape index (κ2) is 15.9. The monoisotopic (exact) mass is 689 g/mol. The number of rotatable bonds is 14. The molecule has 0 aliphatic rings. The summed E-state index contributed by atoms with van der Waals surface area (Å²) in [5.41, 5.74) is 3.11. The summed E-state index contributed by atoms with van der Waals surface area (Å²) in [5.74, 6) is -0.529. The van der Waals surface area contributed by atoms with E-state index in [0.717, 1.165) is 31.9 Å². The van der Waals surface area contributed by atoms with Crippen LogP contribution in [0.5, 0.6) is 0 Å². The fraction of sp³-hybridized carbons (Fsp3) is 0.278. The fourth-order valence-electron chi connectivity index (χ4n) is 5.03. The molecule has 0 fully saturated rings. The van der Waals surface area contributed by atoms with E-state index in [0.29, 0.717) is 12.2 Å². The van der Waals surface area contributed by atoms with Crippen molar-refractivity contribution in [2.24, 2.45) is 0 Å². The molecule has 1 N–H and O–H groups in total. The van der Waals surface area contributed by atoms with Crippen LogP contribution in [0.1, 0.15) is 49.8 Å². The summed E-state index contributed by atoms with van der Waals surface area (Å²) in [6.45, 7) is 6.17. The highest BCUT2D eigenvalue weighted by molar-refractivity contribution is 9.10. The first-order valence-corrected chi connectivity index (χ1v) is 17.4. The summed E-state index contributed by atoms with van der Waals surface area (Å²) >= 11 is 3.51. The highest BCUT2D eigenvalue weighted by atomic mass is 79.9. The molecule has 4 aromatic carbocycles. The van der Waals surface area contributed by atoms with Crippen molar-refractivity contribution in [3.8, 4) is 0 Å². The van der Waals surface area contributed by atoms with Gasteiger partial charge in [-0.3, -0.25) is 13.9 Å². The molecule has 1 unspecified atom stereocenters. The molecule has 7 nitrogen and oxygen atoms in total. The van der Waals surface area contributed by atoms with Crippen LogP contribution in [-0.2, 0) is 32.6 Å². The molecule has 0 aliphatic heterocycles. The van der Waals surface area contributed by atoms with Crippen LogP contribution in [0.3, 0.4) is 0 Å². The van der Waals surface area contributed by atoms with Gasteiger partial charge in [0.05, 0.1) is 10.6 Å². The summed E-state index contributed by atoms with van der Waals surface area (Å²) in [4.78, 5) is 29.8. The topological polar surface area (TPSA) is 86.8 Å². The summed E-state index contributed by atoms with van der Waals surface area (Å²) in [6, 6.07) is 31.5. The molecule has 0 heterocycles. The van der Waals surface area contributed by atoms with Gasteiger partial charge in [0.15, 0.2) is 0 Å². The highest BCUT2D eigenvalue weighted by Crippen LogP contribution is 2.27. The maximum atomic E-state index is 14.5. The van der Waals surface area contributed by atoms with Crippen molar-refractivity contribution >= 4 is 43.5 Å². The maximum absolute atomic E-state index is 14.5. The van der Waals surface area contributed by atoms with E-state index in [2.05, 4.69) is 35.1 Å². The van der Waals surface area contributed by atoms with Crippen LogP contribution in [0, 0.1) is 0 Å². The molecule has 0 saturated carbocycles. The lowest BCUT2D eigenvalue weighted by Crippen LogP contribution is -2.53. The van der Waals surface area contributed by atoms with Crippen LogP contribution in [0.15, 0.2) is 119 Å². The third-order valence-electron chi connectivity index (χ3n) is 7.52. The number of carbonyl (C=O) groups excluding carboxylic acids is 2. The summed E-state index contributed by atoms with van der Waals surface area (Å²) in [6.07, 6.45) is 1.00. The van der Waals surface area contributed by atoms with Crippen LogP contribution in [0.4, 0.5) is 5.69 Å². The molecular weight excluding hydrogens is 650 g/mol. The smallest absolute Gasteiger partial charge is 0.264 e. The zero-order chi connectivity index (χ0) is 32.4. The third kappa shape index (κ3) is 9.05. The largest absolute Gasteiger partial charge is 0.354 e. The van der Waals surface area contributed by atoms with Gasteiger partial charge >= 0.3 is 0 Å². The first-order valence-electron chi connectivity index (χ1n) is 15.1. The minimum atomic E-state index is -4.14. The van der Waals surface area contributed by atoms with E-state index >= 15 is 0 Å². The van der Waals surface area contributed by atoms with Crippen molar-refractivity contribution in [3.63, 3.8) is 0 Å². The van der Waals surface area contributed by atoms with Crippen molar-refractivity contribution in [3.05, 3.63) is 130 Å². The number of anilines is 1. The molecule has 2 amide bonds. The molecule has 0 aromatic heterocycles. The van der Waals surface area contributed by atoms with Crippen LogP contribution >= 0.6 is 15.9 Å². The molecule has 0 saturated heterocycles. The van der Waals surface area contributed by atoms with Crippen molar-refractivity contribution in [2.75, 3.05) is 17.4 Å². The van der Waals surface area contributed by atoms with E-state index in [1.807, 2.05) is 73.7 Å². The minimum Gasteiger partial charge on any atom is -0.354 e. The molecule has 0 radical (unpaired) electrons. The highest BCUT2D eigenvalue weighted by Gasteiger charge is 2.34. The number of hydrogen-bond donors (Lipinski definition) is 1. The van der Waals surface area contributed by atoms with Gasteiger partial charge in [-0.05, 0) is 65.4 Å². The van der Waals surface area contributed by atoms with Gasteiger partial charge in [0.25, 0.3) is 10.0 Å². The second-order valence-electron chi connectivity index (χ2n) is 11.2. The standard InChI is InChI=1S/C36H40BrN3O4S/c1-4-22-38-36(42)34(24-28-12-7-5-8-13-28)39(25-29-14-11-15-31(37)23-29)35(41)26-40(32-20-18-30(19-21-32)27(2)3)45(43,44)33-16-9-6-10-17-33/h5-21,23,27,34H,4,22,24-26H2,1-3H3,(H,38,42). The predicted molar refractivity (Wildman–Crippen MR) is 183 cm³/mol. The second-order valence-corrected chi connectivity index (χ2v) is 14.0. The Hall–Kier alpha value is -3.95. The van der Waals surface area contributed by atoms with Crippen LogP contribution < -0.4 is 9.62 Å². The van der Waals surface area contributed by atoms with E-state index in [9.17, 15) is 18.0 Å². The van der Waals surface area contributed by atoms with E-state index in [4.69, 9.17) is 0 Å². The lowest BCUT2D eigenvalue weighted by molar-refractivity contribution is -0.140. The Morgan fingerprint density at radius 1 is 0.822 bits per heavy atom. The number of sulfonamides is 1. The number of hydrogen-bond acceptors (Lipinski definition) is 4. The molecule has 9 heteroatoms. The van der Waals surface area contributed by atoms with E-state index < -0.39 is 28.5 Å². The molecule has 0 bridgehead atoms. The van der Waals surface area contributed by atoms with Crippen molar-refractivity contribution in [2.45, 2.75) is 57.0 Å². The van der Waals surface area contributed by atoms with Gasteiger partial charge in [-0.15, -0.1) is 0 Å². The van der Waals surface area contributed by atoms with E-state index in [-0.39, 0.29) is 29.7 Å². The summed E-state index contributed by atoms with van der Waals surface area (Å²) < 4.78 is 30.2. The van der Waals surface area contributed by atoms with Gasteiger partial charge in [0.2, 0.25) is 11.8 Å². The van der Waals surface area contributed by atoms with Gasteiger partial charge < -0.3 is 10.2 Å². The number of nitrogens with zero attached hydrogens (tertiary/aromatic N) is 2. The number of halogens is 1. The minimum absolute atomic E-state index is 0.0748. The Bertz CT molecular complexity index is 1660. The Morgan fingerprint density at radius 3 is 2.04 bits per heavy atom. The van der Waals surface area contributed by atoms with Crippen molar-refractivity contribution in [1.29, 1.82) is 0 Å². The van der Waals surface area contributed by atoms with Crippen molar-refractivity contribution < 1.29 is 18.0 Å². The number of carbonyl (C=O) groups is 2. The van der Waals surface area contributed by atoms with E-state index in [1.165, 1.54) is 17.0 Å². The normalized spacial score (nSPS) is 12.0. The van der Waals surface area contributed by atoms with Crippen molar-refractivity contribution in [1.82, 2.24) is 10.2 Å². The number of benzene rings is 4. The van der Waals surface area contributed by atoms with Crippen LogP contribution in [0.25, 0.3) is 0 Å². The molecule has 4 aromatic rings. The van der Waals surface area contributed by atoms with Gasteiger partial charge in [-0.1, -0.05) is 109 Å². The van der Waals surface area contributed by atoms with Gasteiger partial charge in [-0.2, -0.15) is 0 Å². The molecule has 45 heavy (non-hydrogen) atoms. The Balaban J connectivity index is 1.79. The van der Waals surface area contributed by atoms with Gasteiger partial charge in [0, 0.05) is 24.0 Å². The third-order valence-corrected chi connectivity index (χ3v) is 9.80. The quantitative estimate of drug-likeness (QED) is 0.156. The van der Waals surface area contributed by atoms with Crippen LogP contribution in [-0.4, -0.2) is 44.3 Å². The Labute approximate surface area is 275 Å². The summed E-state index contributed by atoms with van der Waals surface area (Å²) in [5, 5.41) is 2.97. The first-order chi connectivity index (χ1) is 21.6. The maximum Gasteiger partial charge on any atom is 0.264 e.